The van der Waals surface area contributed by atoms with Gasteiger partial charge in [0.1, 0.15) is 5.75 Å². The van der Waals surface area contributed by atoms with Crippen molar-refractivity contribution in [3.63, 3.8) is 0 Å². The fourth-order valence-corrected chi connectivity index (χ4v) is 1.62. The van der Waals surface area contributed by atoms with Crippen LogP contribution in [0.3, 0.4) is 0 Å². The summed E-state index contributed by atoms with van der Waals surface area (Å²) in [6.45, 7) is 1.98. The minimum Gasteiger partial charge on any atom is -0.454 e. The largest absolute Gasteiger partial charge is 0.454 e. The predicted molar refractivity (Wildman–Crippen MR) is 58.7 cm³/mol. The highest BCUT2D eigenvalue weighted by atomic mass is 16.5. The standard InChI is InChI=1S/C13H14O2/c1-10-6-2-4-8-12(10)15-13-9-5-3-7-11(13)14/h2,4,6,8-9H,3,5,7H2,1H3. The number of ether oxygens (including phenoxy) is 1. The highest BCUT2D eigenvalue weighted by Gasteiger charge is 2.15. The Bertz CT molecular complexity index is 405. The van der Waals surface area contributed by atoms with Gasteiger partial charge >= 0.3 is 0 Å². The number of ketones is 1. The van der Waals surface area contributed by atoms with Crippen LogP contribution in [0.2, 0.25) is 0 Å². The molecular weight excluding hydrogens is 188 g/mol. The summed E-state index contributed by atoms with van der Waals surface area (Å²) < 4.78 is 5.61. The minimum absolute atomic E-state index is 0.115. The van der Waals surface area contributed by atoms with Crippen LogP contribution in [0.4, 0.5) is 0 Å². The Hall–Kier alpha value is -1.57. The number of para-hydroxylation sites is 1. The van der Waals surface area contributed by atoms with E-state index in [1.165, 1.54) is 0 Å². The third-order valence-electron chi connectivity index (χ3n) is 2.53. The maximum Gasteiger partial charge on any atom is 0.197 e. The van der Waals surface area contributed by atoms with Gasteiger partial charge in [-0.15, -0.1) is 0 Å². The fraction of sp³-hybridized carbons (Fsp3) is 0.308. The van der Waals surface area contributed by atoms with Crippen molar-refractivity contribution < 1.29 is 9.53 Å². The van der Waals surface area contributed by atoms with Crippen molar-refractivity contribution in [1.82, 2.24) is 0 Å². The van der Waals surface area contributed by atoms with Crippen LogP contribution in [-0.2, 0) is 4.79 Å². The zero-order chi connectivity index (χ0) is 10.7. The molecule has 15 heavy (non-hydrogen) atoms. The number of carbonyl (C=O) groups is 1. The quantitative estimate of drug-likeness (QED) is 0.736. The Labute approximate surface area is 89.6 Å². The molecule has 0 aromatic heterocycles. The maximum absolute atomic E-state index is 11.5. The van der Waals surface area contributed by atoms with E-state index in [0.717, 1.165) is 24.2 Å². The molecule has 1 aromatic carbocycles. The van der Waals surface area contributed by atoms with E-state index >= 15 is 0 Å². The third kappa shape index (κ3) is 2.27. The van der Waals surface area contributed by atoms with Crippen molar-refractivity contribution >= 4 is 5.78 Å². The topological polar surface area (TPSA) is 26.3 Å². The van der Waals surface area contributed by atoms with E-state index in [4.69, 9.17) is 4.74 Å². The first-order valence-corrected chi connectivity index (χ1v) is 5.24. The lowest BCUT2D eigenvalue weighted by Gasteiger charge is -2.14. The van der Waals surface area contributed by atoms with E-state index < -0.39 is 0 Å². The maximum atomic E-state index is 11.5. The van der Waals surface area contributed by atoms with Crippen LogP contribution in [0.1, 0.15) is 24.8 Å². The molecule has 0 atom stereocenters. The molecule has 1 aromatic rings. The Balaban J connectivity index is 2.18. The lowest BCUT2D eigenvalue weighted by Crippen LogP contribution is -2.12. The molecule has 0 bridgehead atoms. The average molecular weight is 202 g/mol. The van der Waals surface area contributed by atoms with E-state index in [0.29, 0.717) is 12.2 Å². The number of aryl methyl sites for hydroxylation is 1. The predicted octanol–water partition coefficient (Wildman–Crippen LogP) is 3.01. The summed E-state index contributed by atoms with van der Waals surface area (Å²) in [6.07, 6.45) is 4.38. The highest BCUT2D eigenvalue weighted by Crippen LogP contribution is 2.22. The summed E-state index contributed by atoms with van der Waals surface area (Å²) in [5, 5.41) is 0. The molecule has 1 aliphatic rings. The number of allylic oxidation sites excluding steroid dienone is 2. The van der Waals surface area contributed by atoms with Crippen LogP contribution in [0.15, 0.2) is 36.1 Å². The normalized spacial score (nSPS) is 16.1. The van der Waals surface area contributed by atoms with Crippen LogP contribution < -0.4 is 4.74 Å². The van der Waals surface area contributed by atoms with Crippen LogP contribution in [-0.4, -0.2) is 5.78 Å². The van der Waals surface area contributed by atoms with Crippen LogP contribution in [0.5, 0.6) is 5.75 Å². The van der Waals surface area contributed by atoms with Gasteiger partial charge in [-0.05, 0) is 37.5 Å². The van der Waals surface area contributed by atoms with Gasteiger partial charge in [-0.25, -0.2) is 0 Å². The summed E-state index contributed by atoms with van der Waals surface area (Å²) in [5.41, 5.74) is 1.05. The smallest absolute Gasteiger partial charge is 0.197 e. The Morgan fingerprint density at radius 1 is 1.27 bits per heavy atom. The van der Waals surface area contributed by atoms with Crippen molar-refractivity contribution in [3.05, 3.63) is 41.7 Å². The molecule has 0 aliphatic heterocycles. The number of hydrogen-bond donors (Lipinski definition) is 0. The van der Waals surface area contributed by atoms with Gasteiger partial charge in [-0.2, -0.15) is 0 Å². The number of benzene rings is 1. The summed E-state index contributed by atoms with van der Waals surface area (Å²) in [7, 11) is 0. The fourth-order valence-electron chi connectivity index (χ4n) is 1.62. The third-order valence-corrected chi connectivity index (χ3v) is 2.53. The number of carbonyl (C=O) groups excluding carboxylic acids is 1. The van der Waals surface area contributed by atoms with E-state index in [9.17, 15) is 4.79 Å². The van der Waals surface area contributed by atoms with Crippen LogP contribution in [0, 0.1) is 6.92 Å². The van der Waals surface area contributed by atoms with Crippen LogP contribution >= 0.6 is 0 Å². The highest BCUT2D eigenvalue weighted by molar-refractivity contribution is 5.94. The van der Waals surface area contributed by atoms with E-state index in [1.807, 2.05) is 37.3 Å². The first-order valence-electron chi connectivity index (χ1n) is 5.24. The lowest BCUT2D eigenvalue weighted by atomic mass is 10.1. The van der Waals surface area contributed by atoms with E-state index in [-0.39, 0.29) is 5.78 Å². The second kappa shape index (κ2) is 4.30. The van der Waals surface area contributed by atoms with Gasteiger partial charge in [0.05, 0.1) is 0 Å². The summed E-state index contributed by atoms with van der Waals surface area (Å²) in [4.78, 5) is 11.5. The van der Waals surface area contributed by atoms with Crippen molar-refractivity contribution in [2.24, 2.45) is 0 Å². The summed E-state index contributed by atoms with van der Waals surface area (Å²) in [5.74, 6) is 1.40. The summed E-state index contributed by atoms with van der Waals surface area (Å²) >= 11 is 0. The van der Waals surface area contributed by atoms with Crippen molar-refractivity contribution in [2.45, 2.75) is 26.2 Å². The SMILES string of the molecule is Cc1ccccc1OC1=CCCCC1=O. The second-order valence-corrected chi connectivity index (χ2v) is 3.75. The molecule has 2 heteroatoms. The van der Waals surface area contributed by atoms with Gasteiger partial charge in [0.2, 0.25) is 0 Å². The van der Waals surface area contributed by atoms with Crippen LogP contribution in [0.25, 0.3) is 0 Å². The van der Waals surface area contributed by atoms with Gasteiger partial charge in [-0.1, -0.05) is 18.2 Å². The van der Waals surface area contributed by atoms with Gasteiger partial charge in [-0.3, -0.25) is 4.79 Å². The molecule has 0 saturated carbocycles. The molecule has 2 nitrogen and oxygen atoms in total. The minimum atomic E-state index is 0.115. The molecule has 0 saturated heterocycles. The molecule has 0 unspecified atom stereocenters. The monoisotopic (exact) mass is 202 g/mol. The molecule has 0 fully saturated rings. The second-order valence-electron chi connectivity index (χ2n) is 3.75. The number of rotatable bonds is 2. The van der Waals surface area contributed by atoms with Gasteiger partial charge in [0.15, 0.2) is 11.5 Å². The van der Waals surface area contributed by atoms with E-state index in [2.05, 4.69) is 0 Å². The average Bonchev–Trinajstić information content (AvgIpc) is 2.24. The molecule has 2 rings (SSSR count). The molecule has 78 valence electrons. The van der Waals surface area contributed by atoms with Crippen molar-refractivity contribution in [1.29, 1.82) is 0 Å². The van der Waals surface area contributed by atoms with E-state index in [1.54, 1.807) is 0 Å². The Morgan fingerprint density at radius 3 is 2.80 bits per heavy atom. The van der Waals surface area contributed by atoms with Gasteiger partial charge in [0, 0.05) is 6.42 Å². The number of Topliss-reactive ketones (excluding diaryl/α,β-unsaturated/α-hetero) is 1. The molecule has 1 aliphatic carbocycles. The molecular formula is C13H14O2. The number of hydrogen-bond acceptors (Lipinski definition) is 2. The summed E-state index contributed by atoms with van der Waals surface area (Å²) in [6, 6.07) is 7.73. The zero-order valence-electron chi connectivity index (χ0n) is 8.82. The van der Waals surface area contributed by atoms with Gasteiger partial charge in [0.25, 0.3) is 0 Å². The Morgan fingerprint density at radius 2 is 2.07 bits per heavy atom. The zero-order valence-corrected chi connectivity index (χ0v) is 8.82. The Kier molecular flexibility index (Phi) is 2.86. The molecule has 0 radical (unpaired) electrons. The molecule has 0 heterocycles. The van der Waals surface area contributed by atoms with Gasteiger partial charge < -0.3 is 4.74 Å². The lowest BCUT2D eigenvalue weighted by molar-refractivity contribution is -0.118. The van der Waals surface area contributed by atoms with Crippen molar-refractivity contribution in [2.75, 3.05) is 0 Å². The molecule has 0 amide bonds. The van der Waals surface area contributed by atoms with Crippen molar-refractivity contribution in [3.8, 4) is 5.75 Å². The first kappa shape index (κ1) is 9.97. The molecule has 0 N–H and O–H groups in total. The molecule has 0 spiro atoms. The first-order chi connectivity index (χ1) is 7.27.